The fourth-order valence-electron chi connectivity index (χ4n) is 1.69. The second-order valence-corrected chi connectivity index (χ2v) is 10.6. The second-order valence-electron chi connectivity index (χ2n) is 3.86. The topological polar surface area (TPSA) is 0 Å². The minimum atomic E-state index is -0.334. The van der Waals surface area contributed by atoms with E-state index in [4.69, 9.17) is 0 Å². The molecule has 0 spiro atoms. The van der Waals surface area contributed by atoms with Gasteiger partial charge in [-0.15, -0.1) is 0 Å². The molecule has 0 saturated carbocycles. The Morgan fingerprint density at radius 3 is 2.06 bits per heavy atom. The molecule has 0 bridgehead atoms. The number of hydrogen-bond acceptors (Lipinski definition) is 0. The van der Waals surface area contributed by atoms with Crippen molar-refractivity contribution in [1.29, 1.82) is 0 Å². The van der Waals surface area contributed by atoms with Crippen molar-refractivity contribution >= 4 is 47.8 Å². The molecule has 0 N–H and O–H groups in total. The SMILES string of the molecule is BrC(Br)(Br)c1cccc(Cc2ccccc2)c1. The van der Waals surface area contributed by atoms with Crippen LogP contribution in [0, 0.1) is 0 Å². The molecule has 0 radical (unpaired) electrons. The Balaban J connectivity index is 2.23. The van der Waals surface area contributed by atoms with Crippen molar-refractivity contribution in [2.75, 3.05) is 0 Å². The van der Waals surface area contributed by atoms with Gasteiger partial charge in [0.1, 0.15) is 0 Å². The molecule has 88 valence electrons. The molecule has 3 heteroatoms. The number of hydrogen-bond donors (Lipinski definition) is 0. The van der Waals surface area contributed by atoms with Gasteiger partial charge in [-0.25, -0.2) is 0 Å². The predicted molar refractivity (Wildman–Crippen MR) is 84.1 cm³/mol. The van der Waals surface area contributed by atoms with Crippen molar-refractivity contribution in [3.05, 3.63) is 71.3 Å². The monoisotopic (exact) mass is 416 g/mol. The third-order valence-corrected chi connectivity index (χ3v) is 3.88. The van der Waals surface area contributed by atoms with Gasteiger partial charge in [-0.3, -0.25) is 0 Å². The molecule has 2 aromatic carbocycles. The van der Waals surface area contributed by atoms with Crippen molar-refractivity contribution < 1.29 is 0 Å². The van der Waals surface area contributed by atoms with E-state index in [2.05, 4.69) is 96.3 Å². The van der Waals surface area contributed by atoms with E-state index in [-0.39, 0.29) is 2.14 Å². The van der Waals surface area contributed by atoms with E-state index in [1.165, 1.54) is 11.1 Å². The lowest BCUT2D eigenvalue weighted by molar-refractivity contribution is 1.17. The van der Waals surface area contributed by atoms with E-state index in [1.807, 2.05) is 6.07 Å². The summed E-state index contributed by atoms with van der Waals surface area (Å²) in [4.78, 5) is 0. The van der Waals surface area contributed by atoms with Crippen LogP contribution in [0.15, 0.2) is 54.6 Å². The van der Waals surface area contributed by atoms with Gasteiger partial charge in [0.25, 0.3) is 0 Å². The first-order chi connectivity index (χ1) is 8.05. The van der Waals surface area contributed by atoms with Crippen LogP contribution in [0.3, 0.4) is 0 Å². The van der Waals surface area contributed by atoms with Crippen LogP contribution in [-0.2, 0) is 8.56 Å². The Morgan fingerprint density at radius 1 is 0.765 bits per heavy atom. The molecule has 0 aliphatic carbocycles. The quantitative estimate of drug-likeness (QED) is 0.559. The lowest BCUT2D eigenvalue weighted by Crippen LogP contribution is -1.99. The molecule has 0 nitrogen and oxygen atoms in total. The Labute approximate surface area is 127 Å². The highest BCUT2D eigenvalue weighted by Crippen LogP contribution is 2.44. The minimum Gasteiger partial charge on any atom is -0.0622 e. The van der Waals surface area contributed by atoms with Gasteiger partial charge in [-0.2, -0.15) is 0 Å². The molecule has 0 atom stereocenters. The fourth-order valence-corrected chi connectivity index (χ4v) is 2.43. The highest BCUT2D eigenvalue weighted by Gasteiger charge is 2.20. The number of alkyl halides is 3. The van der Waals surface area contributed by atoms with E-state index < -0.39 is 0 Å². The first-order valence-electron chi connectivity index (χ1n) is 5.26. The van der Waals surface area contributed by atoms with Gasteiger partial charge in [0.05, 0.1) is 0 Å². The highest BCUT2D eigenvalue weighted by atomic mass is 80.0. The van der Waals surface area contributed by atoms with Crippen LogP contribution in [-0.4, -0.2) is 0 Å². The van der Waals surface area contributed by atoms with Crippen molar-refractivity contribution in [1.82, 2.24) is 0 Å². The van der Waals surface area contributed by atoms with Crippen LogP contribution in [0.25, 0.3) is 0 Å². The van der Waals surface area contributed by atoms with E-state index in [0.29, 0.717) is 0 Å². The maximum atomic E-state index is 3.54. The van der Waals surface area contributed by atoms with E-state index >= 15 is 0 Å². The molecule has 0 aliphatic heterocycles. The van der Waals surface area contributed by atoms with Crippen LogP contribution in [0.4, 0.5) is 0 Å². The van der Waals surface area contributed by atoms with Crippen LogP contribution in [0.2, 0.25) is 0 Å². The molecular weight excluding hydrogens is 408 g/mol. The summed E-state index contributed by atoms with van der Waals surface area (Å²) in [5.41, 5.74) is 3.79. The molecule has 2 rings (SSSR count). The minimum absolute atomic E-state index is 0.334. The van der Waals surface area contributed by atoms with E-state index in [9.17, 15) is 0 Å². The van der Waals surface area contributed by atoms with E-state index in [1.54, 1.807) is 0 Å². The zero-order valence-electron chi connectivity index (χ0n) is 9.04. The van der Waals surface area contributed by atoms with Crippen LogP contribution in [0.5, 0.6) is 0 Å². The lowest BCUT2D eigenvalue weighted by Gasteiger charge is -2.13. The summed E-state index contributed by atoms with van der Waals surface area (Å²) in [7, 11) is 0. The summed E-state index contributed by atoms with van der Waals surface area (Å²) in [6, 6.07) is 19.0. The molecule has 0 amide bonds. The average molecular weight is 419 g/mol. The summed E-state index contributed by atoms with van der Waals surface area (Å²) in [5, 5.41) is 0. The second kappa shape index (κ2) is 5.68. The smallest absolute Gasteiger partial charge is 0.0622 e. The fraction of sp³-hybridized carbons (Fsp3) is 0.143. The number of benzene rings is 2. The van der Waals surface area contributed by atoms with Crippen LogP contribution < -0.4 is 0 Å². The van der Waals surface area contributed by atoms with Gasteiger partial charge in [0.15, 0.2) is 2.14 Å². The Hall–Kier alpha value is -0.120. The Morgan fingerprint density at radius 2 is 1.41 bits per heavy atom. The summed E-state index contributed by atoms with van der Waals surface area (Å²) in [5.74, 6) is 0. The molecule has 0 aromatic heterocycles. The molecular formula is C14H11Br3. The summed E-state index contributed by atoms with van der Waals surface area (Å²) in [6.45, 7) is 0. The van der Waals surface area contributed by atoms with Crippen molar-refractivity contribution in [3.8, 4) is 0 Å². The third-order valence-electron chi connectivity index (χ3n) is 2.51. The van der Waals surface area contributed by atoms with Crippen LogP contribution in [0.1, 0.15) is 16.7 Å². The van der Waals surface area contributed by atoms with Gasteiger partial charge < -0.3 is 0 Å². The number of halogens is 3. The zero-order chi connectivity index (χ0) is 12.3. The van der Waals surface area contributed by atoms with Crippen LogP contribution >= 0.6 is 47.8 Å². The lowest BCUT2D eigenvalue weighted by atomic mass is 10.0. The normalized spacial score (nSPS) is 11.5. The maximum Gasteiger partial charge on any atom is 0.159 e. The standard InChI is InChI=1S/C14H11Br3/c15-14(16,17)13-8-4-7-12(10-13)9-11-5-2-1-3-6-11/h1-8,10H,9H2. The molecule has 0 unspecified atom stereocenters. The molecule has 17 heavy (non-hydrogen) atoms. The Kier molecular flexibility index (Phi) is 4.45. The van der Waals surface area contributed by atoms with Crippen molar-refractivity contribution in [2.45, 2.75) is 8.56 Å². The predicted octanol–water partition coefficient (Wildman–Crippen LogP) is 5.57. The largest absolute Gasteiger partial charge is 0.159 e. The maximum absolute atomic E-state index is 3.54. The van der Waals surface area contributed by atoms with Gasteiger partial charge in [-0.05, 0) is 23.1 Å². The summed E-state index contributed by atoms with van der Waals surface area (Å²) >= 11 is 10.6. The first kappa shape index (κ1) is 13.3. The average Bonchev–Trinajstić information content (AvgIpc) is 2.29. The van der Waals surface area contributed by atoms with Crippen molar-refractivity contribution in [3.63, 3.8) is 0 Å². The zero-order valence-corrected chi connectivity index (χ0v) is 13.8. The molecule has 2 aromatic rings. The van der Waals surface area contributed by atoms with Gasteiger partial charge in [-0.1, -0.05) is 102 Å². The molecule has 0 saturated heterocycles. The molecule has 0 aliphatic rings. The van der Waals surface area contributed by atoms with Gasteiger partial charge in [0.2, 0.25) is 0 Å². The first-order valence-corrected chi connectivity index (χ1v) is 7.64. The molecule has 0 heterocycles. The molecule has 0 fully saturated rings. The van der Waals surface area contributed by atoms with Gasteiger partial charge >= 0.3 is 0 Å². The highest BCUT2D eigenvalue weighted by molar-refractivity contribution is 9.38. The van der Waals surface area contributed by atoms with E-state index in [0.717, 1.165) is 12.0 Å². The van der Waals surface area contributed by atoms with Crippen molar-refractivity contribution in [2.24, 2.45) is 0 Å². The summed E-state index contributed by atoms with van der Waals surface area (Å²) in [6.07, 6.45) is 0.956. The third kappa shape index (κ3) is 3.94. The number of rotatable bonds is 2. The summed E-state index contributed by atoms with van der Waals surface area (Å²) < 4.78 is -0.334. The Bertz CT molecular complexity index is 486. The van der Waals surface area contributed by atoms with Gasteiger partial charge in [0, 0.05) is 0 Å².